The van der Waals surface area contributed by atoms with E-state index in [1.54, 1.807) is 76.2 Å². The van der Waals surface area contributed by atoms with Crippen LogP contribution in [0.2, 0.25) is 0 Å². The van der Waals surface area contributed by atoms with Crippen molar-refractivity contribution < 1.29 is 47.9 Å². The van der Waals surface area contributed by atoms with Crippen LogP contribution < -0.4 is 53.2 Å². The lowest BCUT2D eigenvalue weighted by molar-refractivity contribution is -0.137. The van der Waals surface area contributed by atoms with Crippen molar-refractivity contribution >= 4 is 59.1 Å². The van der Waals surface area contributed by atoms with Gasteiger partial charge < -0.3 is 53.2 Å². The van der Waals surface area contributed by atoms with Crippen LogP contribution >= 0.6 is 0 Å². The second-order valence-corrected chi connectivity index (χ2v) is 26.1. The Labute approximate surface area is 500 Å². The first-order chi connectivity index (χ1) is 39.3. The molecule has 1 heterocycles. The van der Waals surface area contributed by atoms with Gasteiger partial charge in [0.05, 0.1) is 0 Å². The normalized spacial score (nSPS) is 25.0. The van der Waals surface area contributed by atoms with Crippen molar-refractivity contribution in [1.29, 1.82) is 0 Å². The van der Waals surface area contributed by atoms with Crippen LogP contribution in [0.5, 0.6) is 0 Å². The number of rotatable bonds is 18. The van der Waals surface area contributed by atoms with Crippen LogP contribution in [0.25, 0.3) is 0 Å². The second-order valence-electron chi connectivity index (χ2n) is 26.1. The Hall–Kier alpha value is -6.86. The van der Waals surface area contributed by atoms with Gasteiger partial charge in [-0.05, 0) is 97.0 Å². The highest BCUT2D eigenvalue weighted by atomic mass is 16.2. The third-order valence-electron chi connectivity index (χ3n) is 14.4. The maximum absolute atomic E-state index is 14.7. The van der Waals surface area contributed by atoms with E-state index in [9.17, 15) is 47.9 Å². The molecule has 1 aliphatic heterocycles. The Morgan fingerprint density at radius 3 is 0.631 bits per heavy atom. The molecule has 1 aliphatic rings. The average molecular weight is 1170 g/mol. The molecule has 0 saturated carbocycles. The topological polar surface area (TPSA) is 291 Å². The fourth-order valence-electron chi connectivity index (χ4n) is 10.1. The van der Waals surface area contributed by atoms with Crippen LogP contribution in [0.3, 0.4) is 0 Å². The van der Waals surface area contributed by atoms with Gasteiger partial charge in [-0.1, -0.05) is 171 Å². The summed E-state index contributed by atoms with van der Waals surface area (Å²) >= 11 is 0. The van der Waals surface area contributed by atoms with Gasteiger partial charge in [0, 0.05) is 12.8 Å². The van der Waals surface area contributed by atoms with Gasteiger partial charge in [-0.3, -0.25) is 47.9 Å². The zero-order chi connectivity index (χ0) is 63.1. The van der Waals surface area contributed by atoms with Crippen LogP contribution in [0, 0.1) is 47.3 Å². The summed E-state index contributed by atoms with van der Waals surface area (Å²) in [6.45, 7) is 29.4. The Morgan fingerprint density at radius 2 is 0.429 bits per heavy atom. The van der Waals surface area contributed by atoms with Gasteiger partial charge in [0.1, 0.15) is 60.4 Å². The van der Waals surface area contributed by atoms with Crippen molar-refractivity contribution in [2.45, 2.75) is 223 Å². The van der Waals surface area contributed by atoms with Gasteiger partial charge in [0.15, 0.2) is 0 Å². The van der Waals surface area contributed by atoms with Crippen LogP contribution in [0.15, 0.2) is 60.7 Å². The van der Waals surface area contributed by atoms with E-state index in [0.29, 0.717) is 11.1 Å². The lowest BCUT2D eigenvalue weighted by atomic mass is 9.96. The van der Waals surface area contributed by atoms with Gasteiger partial charge in [-0.15, -0.1) is 0 Å². The highest BCUT2D eigenvalue weighted by Gasteiger charge is 2.39. The highest BCUT2D eigenvalue weighted by Crippen LogP contribution is 2.17. The summed E-state index contributed by atoms with van der Waals surface area (Å²) < 4.78 is 0. The molecule has 10 amide bonds. The third kappa shape index (κ3) is 24.8. The minimum atomic E-state index is -1.27. The first-order valence-electron chi connectivity index (χ1n) is 30.5. The van der Waals surface area contributed by atoms with Crippen LogP contribution in [0.1, 0.15) is 160 Å². The minimum Gasteiger partial charge on any atom is -0.343 e. The Balaban J connectivity index is 2.29. The molecule has 20 heteroatoms. The molecule has 84 heavy (non-hydrogen) atoms. The molecule has 10 N–H and O–H groups in total. The smallest absolute Gasteiger partial charge is 0.243 e. The number of carbonyl (C=O) groups excluding carboxylic acids is 10. The van der Waals surface area contributed by atoms with Crippen molar-refractivity contribution in [3.8, 4) is 0 Å². The molecule has 3 rings (SSSR count). The largest absolute Gasteiger partial charge is 0.343 e. The lowest BCUT2D eigenvalue weighted by Gasteiger charge is -2.31. The molecular weight excluding hydrogens is 1070 g/mol. The number of nitrogens with one attached hydrogen (secondary N) is 10. The standard InChI is InChI=1S/C64H102N10O10/c1-35(2)27-45-55(75)67-49(31-39(9)10)61(81)73-53(41(13)14)63(83)72-48(30-38(7)8)58(78)70-52(34-44-25-21-18-22-26-44)60(80)66-46(28-36(3)4)56(76)68-50(32-40(11)12)62(82)74-54(42(15)16)64(84)71-47(29-37(5)6)57(77)69-51(59(79)65-45)33-43-23-19-17-20-24-43/h17-26,35-42,45-54H,27-34H2,1-16H3,(H,65,79)(H,66,80)(H,67,75)(H,68,76)(H,69,77)(H,70,78)(H,71,84)(H,72,83)(H,73,81)(H,74,82)/t45-,46-,47-,48-,49-,50-,51+,52+,53-,54-/m0/s1. The molecule has 0 spiro atoms. The zero-order valence-corrected chi connectivity index (χ0v) is 52.9. The van der Waals surface area contributed by atoms with Gasteiger partial charge in [-0.25, -0.2) is 0 Å². The van der Waals surface area contributed by atoms with E-state index in [4.69, 9.17) is 0 Å². The average Bonchev–Trinajstić information content (AvgIpc) is 3.40. The van der Waals surface area contributed by atoms with Crippen molar-refractivity contribution in [2.75, 3.05) is 0 Å². The Bertz CT molecular complexity index is 2310. The van der Waals surface area contributed by atoms with E-state index < -0.39 is 131 Å². The fourth-order valence-corrected chi connectivity index (χ4v) is 10.1. The molecule has 0 aromatic heterocycles. The Morgan fingerprint density at radius 1 is 0.250 bits per heavy atom. The SMILES string of the molecule is CC(C)C[C@@H]1NC(=O)[C@H](CC(C)C)NC(=O)[C@@H](Cc2ccccc2)NC(=O)[C@H](CC(C)C)NC(=O)[C@H](C(C)C)NC(=O)[C@H](CC(C)C)NC(=O)[C@H](CC(C)C)NC(=O)[C@@H](Cc2ccccc2)NC(=O)[C@H](CC(C)C)NC(=O)[C@H](C(C)C)NC1=O. The van der Waals surface area contributed by atoms with E-state index in [-0.39, 0.29) is 86.9 Å². The second kappa shape index (κ2) is 34.8. The summed E-state index contributed by atoms with van der Waals surface area (Å²) in [7, 11) is 0. The first kappa shape index (κ1) is 71.4. The van der Waals surface area contributed by atoms with E-state index >= 15 is 0 Å². The van der Waals surface area contributed by atoms with E-state index in [1.807, 2.05) is 95.2 Å². The van der Waals surface area contributed by atoms with Crippen molar-refractivity contribution in [1.82, 2.24) is 53.2 Å². The molecule has 1 fully saturated rings. The lowest BCUT2D eigenvalue weighted by Crippen LogP contribution is -2.62. The monoisotopic (exact) mass is 1170 g/mol. The fraction of sp³-hybridized carbons (Fsp3) is 0.656. The van der Waals surface area contributed by atoms with E-state index in [2.05, 4.69) is 53.2 Å². The summed E-state index contributed by atoms with van der Waals surface area (Å²) in [6.07, 6.45) is 0.827. The molecule has 2 aromatic carbocycles. The van der Waals surface area contributed by atoms with Crippen LogP contribution in [-0.2, 0) is 60.8 Å². The predicted molar refractivity (Wildman–Crippen MR) is 326 cm³/mol. The number of benzene rings is 2. The van der Waals surface area contributed by atoms with E-state index in [1.165, 1.54) is 0 Å². The minimum absolute atomic E-state index is 0.00287. The third-order valence-corrected chi connectivity index (χ3v) is 14.4. The van der Waals surface area contributed by atoms with Crippen molar-refractivity contribution in [3.63, 3.8) is 0 Å². The molecule has 2 aromatic rings. The summed E-state index contributed by atoms with van der Waals surface area (Å²) in [5.74, 6) is -8.73. The van der Waals surface area contributed by atoms with E-state index in [0.717, 1.165) is 0 Å². The summed E-state index contributed by atoms with van der Waals surface area (Å²) in [5.41, 5.74) is 1.38. The highest BCUT2D eigenvalue weighted by molar-refractivity contribution is 5.99. The van der Waals surface area contributed by atoms with Crippen molar-refractivity contribution in [2.24, 2.45) is 47.3 Å². The van der Waals surface area contributed by atoms with Gasteiger partial charge in [0.25, 0.3) is 0 Å². The summed E-state index contributed by atoms with van der Waals surface area (Å²) in [4.78, 5) is 146. The maximum atomic E-state index is 14.7. The molecule has 468 valence electrons. The molecule has 10 atom stereocenters. The molecule has 20 nitrogen and oxygen atoms in total. The van der Waals surface area contributed by atoms with Crippen LogP contribution in [0.4, 0.5) is 0 Å². The number of amides is 10. The Kier molecular flexibility index (Phi) is 29.6. The molecular formula is C64H102N10O10. The van der Waals surface area contributed by atoms with Crippen LogP contribution in [-0.4, -0.2) is 119 Å². The zero-order valence-electron chi connectivity index (χ0n) is 52.9. The molecule has 0 aliphatic carbocycles. The number of carbonyl (C=O) groups is 10. The quantitative estimate of drug-likeness (QED) is 0.0961. The molecule has 0 unspecified atom stereocenters. The molecule has 1 saturated heterocycles. The number of hydrogen-bond donors (Lipinski definition) is 10. The summed E-state index contributed by atoms with van der Waals surface area (Å²) in [6, 6.07) is 5.81. The maximum Gasteiger partial charge on any atom is 0.243 e. The van der Waals surface area contributed by atoms with Gasteiger partial charge >= 0.3 is 0 Å². The number of hydrogen-bond acceptors (Lipinski definition) is 10. The van der Waals surface area contributed by atoms with Gasteiger partial charge in [-0.2, -0.15) is 0 Å². The van der Waals surface area contributed by atoms with Gasteiger partial charge in [0.2, 0.25) is 59.1 Å². The summed E-state index contributed by atoms with van der Waals surface area (Å²) in [5, 5.41) is 28.6. The predicted octanol–water partition coefficient (Wildman–Crippen LogP) is 4.92. The first-order valence-corrected chi connectivity index (χ1v) is 30.5. The molecule has 0 bridgehead atoms. The van der Waals surface area contributed by atoms with Crippen molar-refractivity contribution in [3.05, 3.63) is 71.8 Å². The molecule has 0 radical (unpaired) electrons.